The van der Waals surface area contributed by atoms with E-state index in [4.69, 9.17) is 47.6 Å². The summed E-state index contributed by atoms with van der Waals surface area (Å²) >= 11 is 0. The van der Waals surface area contributed by atoms with Gasteiger partial charge in [-0.2, -0.15) is 19.9 Å². The summed E-state index contributed by atoms with van der Waals surface area (Å²) in [7, 11) is 0. The molecule has 16 aromatic carbocycles. The smallest absolute Gasteiger partial charge is 0.238 e. The van der Waals surface area contributed by atoms with E-state index in [2.05, 4.69) is 264 Å². The zero-order chi connectivity index (χ0) is 74.9. The lowest BCUT2D eigenvalue weighted by atomic mass is 9.97. The van der Waals surface area contributed by atoms with Crippen LogP contribution in [0.3, 0.4) is 0 Å². The molecule has 0 bridgehead atoms. The van der Waals surface area contributed by atoms with Crippen LogP contribution in [0.5, 0.6) is 0 Å². The van der Waals surface area contributed by atoms with E-state index in [1.807, 2.05) is 109 Å². The quantitative estimate of drug-likeness (QED) is 0.130. The second kappa shape index (κ2) is 26.0. The maximum absolute atomic E-state index is 6.49. The van der Waals surface area contributed by atoms with Crippen molar-refractivity contribution in [2.24, 2.45) is 0 Å². The van der Waals surface area contributed by atoms with Gasteiger partial charge in [-0.25, -0.2) is 9.97 Å². The number of benzene rings is 16. The second-order valence-electron chi connectivity index (χ2n) is 28.7. The van der Waals surface area contributed by atoms with Gasteiger partial charge in [-0.1, -0.05) is 273 Å². The number of hydrogen-bond acceptors (Lipinski definition) is 10. The van der Waals surface area contributed by atoms with Crippen molar-refractivity contribution in [2.45, 2.75) is 0 Å². The molecule has 12 heteroatoms. The molecule has 0 aliphatic carbocycles. The summed E-state index contributed by atoms with van der Waals surface area (Å²) in [5.74, 6) is 3.46. The van der Waals surface area contributed by atoms with Gasteiger partial charge >= 0.3 is 0 Å². The van der Waals surface area contributed by atoms with Crippen LogP contribution in [0.1, 0.15) is 0 Å². The van der Waals surface area contributed by atoms with Crippen LogP contribution >= 0.6 is 0 Å². The summed E-state index contributed by atoms with van der Waals surface area (Å²) in [6.07, 6.45) is 0. The molecule has 0 aliphatic rings. The number of para-hydroxylation sites is 4. The summed E-state index contributed by atoms with van der Waals surface area (Å²) < 4.78 is 29.9. The van der Waals surface area contributed by atoms with Crippen molar-refractivity contribution in [1.82, 2.24) is 39.0 Å². The number of aromatic nitrogens is 8. The molecular weight excluding hydrogens is 1400 g/mol. The summed E-state index contributed by atoms with van der Waals surface area (Å²) in [6, 6.07) is 125. The molecular formula is C102H60N8O4. The van der Waals surface area contributed by atoms with Crippen LogP contribution in [0, 0.1) is 0 Å². The predicted molar refractivity (Wildman–Crippen MR) is 461 cm³/mol. The normalized spacial score (nSPS) is 11.9. The fourth-order valence-corrected chi connectivity index (χ4v) is 17.0. The highest BCUT2D eigenvalue weighted by atomic mass is 16.3. The third kappa shape index (κ3) is 10.5. The van der Waals surface area contributed by atoms with Crippen molar-refractivity contribution in [3.8, 4) is 102 Å². The van der Waals surface area contributed by atoms with Gasteiger partial charge in [0.25, 0.3) is 0 Å². The van der Waals surface area contributed by atoms with Crippen molar-refractivity contribution < 1.29 is 17.7 Å². The Morgan fingerprint density at radius 3 is 0.956 bits per heavy atom. The molecule has 0 spiro atoms. The van der Waals surface area contributed by atoms with Crippen LogP contribution in [0.25, 0.3) is 233 Å². The topological polar surface area (TPSA) is 140 Å². The van der Waals surface area contributed by atoms with Crippen molar-refractivity contribution in [2.75, 3.05) is 0 Å². The van der Waals surface area contributed by atoms with E-state index in [0.29, 0.717) is 35.2 Å². The minimum atomic E-state index is 0.542. The maximum atomic E-state index is 6.49. The number of fused-ring (bicyclic) bond motifs is 20. The van der Waals surface area contributed by atoms with Gasteiger partial charge in [0.15, 0.2) is 23.3 Å². The Kier molecular flexibility index (Phi) is 14.7. The molecule has 12 nitrogen and oxygen atoms in total. The largest absolute Gasteiger partial charge is 0.456 e. The standard InChI is InChI=1S/2C51H30N4O2/c1-3-13-31(14-4-1)36-21-12-24-43-46(36)39-26-25-34(30-45(39)57-43)33-17-11-18-35(29-33)50-52-49(32-15-5-2-6-16-32)53-51(54-50)55-40-22-9-7-19-37(40)47-41(55)27-28-44-48(47)38-20-8-10-23-42(38)56-44;1-3-12-32(13-4-1)36-18-11-21-43-46(36)39-27-26-35(30-45(39)57-43)31-22-24-34(25-23-31)50-52-49(33-14-5-2-6-15-33)53-51(54-50)55-40-19-9-7-16-37(40)47-41(55)28-29-44-48(47)38-17-8-10-20-42(38)56-44/h2*1-30H. The summed E-state index contributed by atoms with van der Waals surface area (Å²) in [4.78, 5) is 30.9. The van der Waals surface area contributed by atoms with Gasteiger partial charge in [-0.15, -0.1) is 0 Å². The molecule has 0 unspecified atom stereocenters. The molecule has 0 amide bonds. The first-order chi connectivity index (χ1) is 56.5. The van der Waals surface area contributed by atoms with Crippen molar-refractivity contribution >= 4 is 131 Å². The summed E-state index contributed by atoms with van der Waals surface area (Å²) in [5.41, 5.74) is 23.4. The molecule has 24 rings (SSSR count). The van der Waals surface area contributed by atoms with Crippen LogP contribution < -0.4 is 0 Å². The van der Waals surface area contributed by atoms with Gasteiger partial charge < -0.3 is 17.7 Å². The monoisotopic (exact) mass is 1460 g/mol. The molecule has 114 heavy (non-hydrogen) atoms. The SMILES string of the molecule is c1ccc(-c2nc(-c3ccc(-c4ccc5c(c4)oc4cccc(-c6ccccc6)c45)cc3)nc(-n3c4ccccc4c4c5c(ccc43)oc3ccccc35)n2)cc1.c1ccc(-c2nc(-c3cccc(-c4ccc5c(c4)oc4cccc(-c6ccccc6)c45)c3)nc(-n3c4ccccc4c4c5c(ccc43)oc3ccccc35)n2)cc1. The lowest BCUT2D eigenvalue weighted by Gasteiger charge is -2.11. The Hall–Kier alpha value is -15.7. The fourth-order valence-electron chi connectivity index (χ4n) is 17.0. The van der Waals surface area contributed by atoms with E-state index >= 15 is 0 Å². The van der Waals surface area contributed by atoms with Gasteiger partial charge in [0, 0.05) is 86.9 Å². The van der Waals surface area contributed by atoms with Crippen LogP contribution in [0.15, 0.2) is 382 Å². The highest BCUT2D eigenvalue weighted by molar-refractivity contribution is 6.29. The molecule has 24 aromatic rings. The van der Waals surface area contributed by atoms with Gasteiger partial charge in [0.05, 0.1) is 22.1 Å². The Labute approximate surface area is 650 Å². The molecule has 0 radical (unpaired) electrons. The molecule has 0 saturated carbocycles. The summed E-state index contributed by atoms with van der Waals surface area (Å²) in [5, 5.41) is 13.2. The van der Waals surface area contributed by atoms with Crippen LogP contribution in [0.4, 0.5) is 0 Å². The zero-order valence-electron chi connectivity index (χ0n) is 60.9. The fraction of sp³-hybridized carbons (Fsp3) is 0. The molecule has 0 atom stereocenters. The third-order valence-electron chi connectivity index (χ3n) is 22.2. The lowest BCUT2D eigenvalue weighted by Crippen LogP contribution is -2.06. The van der Waals surface area contributed by atoms with E-state index in [0.717, 1.165) is 181 Å². The molecule has 0 N–H and O–H groups in total. The van der Waals surface area contributed by atoms with Gasteiger partial charge in [0.1, 0.15) is 44.7 Å². The van der Waals surface area contributed by atoms with Crippen molar-refractivity contribution in [3.05, 3.63) is 364 Å². The minimum Gasteiger partial charge on any atom is -0.456 e. The Morgan fingerprint density at radius 1 is 0.167 bits per heavy atom. The zero-order valence-corrected chi connectivity index (χ0v) is 60.9. The highest BCUT2D eigenvalue weighted by Crippen LogP contribution is 2.46. The average Bonchev–Trinajstić information content (AvgIpc) is 1.56. The molecule has 8 heterocycles. The number of hydrogen-bond donors (Lipinski definition) is 0. The number of nitrogens with zero attached hydrogens (tertiary/aromatic N) is 8. The Morgan fingerprint density at radius 2 is 0.482 bits per heavy atom. The van der Waals surface area contributed by atoms with E-state index in [1.165, 1.54) is 16.7 Å². The second-order valence-corrected chi connectivity index (χ2v) is 28.7. The van der Waals surface area contributed by atoms with Crippen LogP contribution in [-0.2, 0) is 0 Å². The van der Waals surface area contributed by atoms with Crippen LogP contribution in [-0.4, -0.2) is 39.0 Å². The van der Waals surface area contributed by atoms with E-state index in [-0.39, 0.29) is 0 Å². The van der Waals surface area contributed by atoms with Gasteiger partial charge in [0.2, 0.25) is 11.9 Å². The molecule has 0 fully saturated rings. The van der Waals surface area contributed by atoms with Crippen molar-refractivity contribution in [3.63, 3.8) is 0 Å². The average molecular weight is 1460 g/mol. The Balaban J connectivity index is 0.000000135. The predicted octanol–water partition coefficient (Wildman–Crippen LogP) is 26.9. The summed E-state index contributed by atoms with van der Waals surface area (Å²) in [6.45, 7) is 0. The highest BCUT2D eigenvalue weighted by Gasteiger charge is 2.26. The maximum Gasteiger partial charge on any atom is 0.238 e. The molecule has 532 valence electrons. The third-order valence-corrected chi connectivity index (χ3v) is 22.2. The van der Waals surface area contributed by atoms with Gasteiger partial charge in [-0.3, -0.25) is 9.13 Å². The Bertz CT molecular complexity index is 7980. The van der Waals surface area contributed by atoms with Crippen LogP contribution in [0.2, 0.25) is 0 Å². The molecule has 8 aromatic heterocycles. The molecule has 0 aliphatic heterocycles. The first kappa shape index (κ1) is 64.3. The number of rotatable bonds is 10. The van der Waals surface area contributed by atoms with Gasteiger partial charge in [-0.05, 0) is 136 Å². The first-order valence-corrected chi connectivity index (χ1v) is 38.0. The van der Waals surface area contributed by atoms with E-state index in [9.17, 15) is 0 Å². The van der Waals surface area contributed by atoms with Crippen molar-refractivity contribution in [1.29, 1.82) is 0 Å². The van der Waals surface area contributed by atoms with E-state index < -0.39 is 0 Å². The number of furan rings is 4. The lowest BCUT2D eigenvalue weighted by molar-refractivity contribution is 0.669. The molecule has 0 saturated heterocycles. The minimum absolute atomic E-state index is 0.542. The first-order valence-electron chi connectivity index (χ1n) is 38.0. The van der Waals surface area contributed by atoms with E-state index in [1.54, 1.807) is 0 Å².